The zero-order valence-corrected chi connectivity index (χ0v) is 28.4. The topological polar surface area (TPSA) is 37.3 Å². The second-order valence-electron chi connectivity index (χ2n) is 12.8. The third-order valence-electron chi connectivity index (χ3n) is 8.45. The van der Waals surface area contributed by atoms with Crippen molar-refractivity contribution in [1.29, 1.82) is 0 Å². The molecule has 0 aliphatic carbocycles. The van der Waals surface area contributed by atoms with Crippen LogP contribution < -0.4 is 0 Å². The normalized spacial score (nSPS) is 11.0. The molecular formula is C38H78O2. The van der Waals surface area contributed by atoms with Crippen molar-refractivity contribution >= 4 is 5.97 Å². The van der Waals surface area contributed by atoms with Crippen LogP contribution in [0.4, 0.5) is 0 Å². The summed E-state index contributed by atoms with van der Waals surface area (Å²) in [7, 11) is 0. The second kappa shape index (κ2) is 40.6. The minimum Gasteiger partial charge on any atom is -0.481 e. The van der Waals surface area contributed by atoms with Gasteiger partial charge >= 0.3 is 5.97 Å². The van der Waals surface area contributed by atoms with Crippen LogP contribution in [-0.2, 0) is 4.79 Å². The van der Waals surface area contributed by atoms with E-state index in [-0.39, 0.29) is 0 Å². The minimum atomic E-state index is -0.653. The van der Waals surface area contributed by atoms with E-state index in [4.69, 9.17) is 5.11 Å². The van der Waals surface area contributed by atoms with Gasteiger partial charge in [-0.3, -0.25) is 4.79 Å². The quantitative estimate of drug-likeness (QED) is 0.0802. The zero-order valence-electron chi connectivity index (χ0n) is 28.4. The summed E-state index contributed by atoms with van der Waals surface area (Å²) in [5.74, 6) is -0.653. The lowest BCUT2D eigenvalue weighted by atomic mass is 10.0. The molecule has 0 heterocycles. The van der Waals surface area contributed by atoms with Crippen molar-refractivity contribution in [3.05, 3.63) is 0 Å². The Hall–Kier alpha value is -0.530. The average Bonchev–Trinajstić information content (AvgIpc) is 2.95. The Balaban J connectivity index is 0. The summed E-state index contributed by atoms with van der Waals surface area (Å²) in [4.78, 5) is 10.3. The van der Waals surface area contributed by atoms with E-state index in [1.165, 1.54) is 199 Å². The van der Waals surface area contributed by atoms with Crippen LogP contribution in [0.25, 0.3) is 0 Å². The molecule has 242 valence electrons. The molecule has 1 N–H and O–H groups in total. The lowest BCUT2D eigenvalue weighted by Crippen LogP contribution is -1.93. The van der Waals surface area contributed by atoms with Crippen LogP contribution in [0.5, 0.6) is 0 Å². The predicted octanol–water partition coefficient (Wildman–Crippen LogP) is 14.4. The fourth-order valence-electron chi connectivity index (χ4n) is 5.62. The number of carboxylic acids is 1. The van der Waals surface area contributed by atoms with Crippen molar-refractivity contribution in [2.24, 2.45) is 0 Å². The Morgan fingerprint density at radius 3 is 0.600 bits per heavy atom. The van der Waals surface area contributed by atoms with Crippen LogP contribution >= 0.6 is 0 Å². The highest BCUT2D eigenvalue weighted by molar-refractivity contribution is 5.66. The SMILES string of the molecule is CCCCCCCCCCCCCCCCCC(=O)O.CCCCCCCCCCCCCCCCCCCC. The molecule has 0 amide bonds. The average molecular weight is 567 g/mol. The molecule has 0 unspecified atom stereocenters. The van der Waals surface area contributed by atoms with Gasteiger partial charge in [0.25, 0.3) is 0 Å². The Kier molecular flexibility index (Phi) is 42.2. The fourth-order valence-corrected chi connectivity index (χ4v) is 5.62. The van der Waals surface area contributed by atoms with E-state index < -0.39 is 5.97 Å². The summed E-state index contributed by atoms with van der Waals surface area (Å²) in [5, 5.41) is 8.52. The summed E-state index contributed by atoms with van der Waals surface area (Å²) >= 11 is 0. The molecule has 0 aliphatic rings. The number of rotatable bonds is 33. The number of carboxylic acid groups (broad SMARTS) is 1. The highest BCUT2D eigenvalue weighted by atomic mass is 16.4. The maximum absolute atomic E-state index is 10.3. The minimum absolute atomic E-state index is 0.345. The van der Waals surface area contributed by atoms with Crippen LogP contribution in [0, 0.1) is 0 Å². The third-order valence-corrected chi connectivity index (χ3v) is 8.45. The number of hydrogen-bond acceptors (Lipinski definition) is 1. The Morgan fingerprint density at radius 1 is 0.300 bits per heavy atom. The van der Waals surface area contributed by atoms with Gasteiger partial charge in [-0.15, -0.1) is 0 Å². The van der Waals surface area contributed by atoms with Crippen LogP contribution in [0.2, 0.25) is 0 Å². The molecule has 0 aromatic heterocycles. The second-order valence-corrected chi connectivity index (χ2v) is 12.8. The van der Waals surface area contributed by atoms with E-state index in [0.717, 1.165) is 12.8 Å². The zero-order chi connectivity index (χ0) is 29.6. The lowest BCUT2D eigenvalue weighted by molar-refractivity contribution is -0.137. The van der Waals surface area contributed by atoms with Crippen molar-refractivity contribution in [3.63, 3.8) is 0 Å². The van der Waals surface area contributed by atoms with Gasteiger partial charge in [-0.1, -0.05) is 226 Å². The molecule has 0 saturated carbocycles. The predicted molar refractivity (Wildman–Crippen MR) is 182 cm³/mol. The van der Waals surface area contributed by atoms with Crippen molar-refractivity contribution in [2.75, 3.05) is 0 Å². The van der Waals surface area contributed by atoms with Crippen LogP contribution in [-0.4, -0.2) is 11.1 Å². The summed E-state index contributed by atoms with van der Waals surface area (Å²) < 4.78 is 0. The first-order valence-corrected chi connectivity index (χ1v) is 18.9. The van der Waals surface area contributed by atoms with Gasteiger partial charge in [0.2, 0.25) is 0 Å². The molecule has 0 radical (unpaired) electrons. The number of hydrogen-bond donors (Lipinski definition) is 1. The Morgan fingerprint density at radius 2 is 0.450 bits per heavy atom. The monoisotopic (exact) mass is 567 g/mol. The molecular weight excluding hydrogens is 488 g/mol. The molecule has 0 spiro atoms. The first kappa shape index (κ1) is 41.6. The van der Waals surface area contributed by atoms with Gasteiger partial charge in [0, 0.05) is 6.42 Å². The van der Waals surface area contributed by atoms with Gasteiger partial charge < -0.3 is 5.11 Å². The van der Waals surface area contributed by atoms with Crippen molar-refractivity contribution in [1.82, 2.24) is 0 Å². The third kappa shape index (κ3) is 44.5. The molecule has 0 atom stereocenters. The molecule has 0 aromatic carbocycles. The smallest absolute Gasteiger partial charge is 0.303 e. The van der Waals surface area contributed by atoms with Gasteiger partial charge in [-0.2, -0.15) is 0 Å². The van der Waals surface area contributed by atoms with Gasteiger partial charge in [0.05, 0.1) is 0 Å². The van der Waals surface area contributed by atoms with Crippen LogP contribution in [0.15, 0.2) is 0 Å². The molecule has 0 saturated heterocycles. The maximum Gasteiger partial charge on any atom is 0.303 e. The van der Waals surface area contributed by atoms with Crippen molar-refractivity contribution in [2.45, 2.75) is 239 Å². The van der Waals surface area contributed by atoms with E-state index in [9.17, 15) is 4.79 Å². The first-order valence-electron chi connectivity index (χ1n) is 18.9. The highest BCUT2D eigenvalue weighted by Gasteiger charge is 1.97. The Labute approximate surface area is 254 Å². The standard InChI is InChI=1S/C20H42.C18H36O2/c1-3-5-7-9-11-13-15-17-19-20-18-16-14-12-10-8-6-4-2;1-2-3-4-5-6-7-8-9-10-11-12-13-14-15-16-17-18(19)20/h3-20H2,1-2H3;2-17H2,1H3,(H,19,20). The van der Waals surface area contributed by atoms with E-state index >= 15 is 0 Å². The lowest BCUT2D eigenvalue weighted by Gasteiger charge is -2.03. The molecule has 0 bridgehead atoms. The van der Waals surface area contributed by atoms with Crippen LogP contribution in [0.3, 0.4) is 0 Å². The van der Waals surface area contributed by atoms with Gasteiger partial charge in [0.15, 0.2) is 0 Å². The molecule has 2 heteroatoms. The summed E-state index contributed by atoms with van der Waals surface area (Å²) in [6.45, 7) is 6.86. The van der Waals surface area contributed by atoms with Crippen molar-refractivity contribution in [3.8, 4) is 0 Å². The molecule has 0 aromatic rings. The molecule has 2 nitrogen and oxygen atoms in total. The van der Waals surface area contributed by atoms with Crippen LogP contribution in [0.1, 0.15) is 239 Å². The fraction of sp³-hybridized carbons (Fsp3) is 0.974. The van der Waals surface area contributed by atoms with Gasteiger partial charge in [-0.05, 0) is 6.42 Å². The Bertz CT molecular complexity index is 415. The summed E-state index contributed by atoms with van der Waals surface area (Å²) in [6.07, 6.45) is 46.6. The molecule has 0 fully saturated rings. The van der Waals surface area contributed by atoms with E-state index in [1.54, 1.807) is 0 Å². The van der Waals surface area contributed by atoms with E-state index in [0.29, 0.717) is 6.42 Å². The summed E-state index contributed by atoms with van der Waals surface area (Å²) in [5.41, 5.74) is 0. The molecule has 0 rings (SSSR count). The summed E-state index contributed by atoms with van der Waals surface area (Å²) in [6, 6.07) is 0. The number of unbranched alkanes of at least 4 members (excludes halogenated alkanes) is 31. The van der Waals surface area contributed by atoms with Gasteiger partial charge in [0.1, 0.15) is 0 Å². The number of carbonyl (C=O) groups is 1. The van der Waals surface area contributed by atoms with E-state index in [2.05, 4.69) is 20.8 Å². The van der Waals surface area contributed by atoms with Gasteiger partial charge in [-0.25, -0.2) is 0 Å². The van der Waals surface area contributed by atoms with Crippen molar-refractivity contribution < 1.29 is 9.90 Å². The maximum atomic E-state index is 10.3. The molecule has 0 aliphatic heterocycles. The highest BCUT2D eigenvalue weighted by Crippen LogP contribution is 2.15. The molecule has 40 heavy (non-hydrogen) atoms. The first-order chi connectivity index (χ1) is 19.7. The largest absolute Gasteiger partial charge is 0.481 e. The number of aliphatic carboxylic acids is 1. The van der Waals surface area contributed by atoms with E-state index in [1.807, 2.05) is 0 Å².